The molecular weight excluding hydrogens is 364 g/mol. The molecule has 4 amide bonds. The Labute approximate surface area is 160 Å². The lowest BCUT2D eigenvalue weighted by atomic mass is 9.63. The molecule has 0 aromatic heterocycles. The fourth-order valence-corrected chi connectivity index (χ4v) is 4.51. The van der Waals surface area contributed by atoms with E-state index in [1.54, 1.807) is 0 Å². The van der Waals surface area contributed by atoms with Gasteiger partial charge in [0.25, 0.3) is 5.69 Å². The number of urea groups is 1. The Morgan fingerprint density at radius 3 is 2.36 bits per heavy atom. The average Bonchev–Trinajstić information content (AvgIpc) is 2.96. The summed E-state index contributed by atoms with van der Waals surface area (Å²) in [6, 6.07) is 5.03. The summed E-state index contributed by atoms with van der Waals surface area (Å²) in [7, 11) is 0. The van der Waals surface area contributed by atoms with E-state index in [1.807, 2.05) is 0 Å². The number of non-ortho nitro benzene ring substituents is 1. The number of benzene rings is 1. The van der Waals surface area contributed by atoms with Crippen LogP contribution in [0.4, 0.5) is 16.2 Å². The van der Waals surface area contributed by atoms with Crippen molar-refractivity contribution in [3.63, 3.8) is 0 Å². The number of amides is 4. The van der Waals surface area contributed by atoms with Gasteiger partial charge in [-0.1, -0.05) is 18.2 Å². The lowest BCUT2D eigenvalue weighted by Crippen LogP contribution is -2.40. The molecule has 146 valence electrons. The van der Waals surface area contributed by atoms with Crippen molar-refractivity contribution < 1.29 is 19.3 Å². The number of imide groups is 1. The third-order valence-corrected chi connectivity index (χ3v) is 5.79. The first-order valence-electron chi connectivity index (χ1n) is 9.28. The fraction of sp³-hybridized carbons (Fsp3) is 0.421. The summed E-state index contributed by atoms with van der Waals surface area (Å²) in [5.74, 6) is -0.516. The first-order chi connectivity index (χ1) is 13.5. The second-order valence-electron chi connectivity index (χ2n) is 7.36. The second-order valence-corrected chi connectivity index (χ2v) is 7.36. The van der Waals surface area contributed by atoms with Gasteiger partial charge >= 0.3 is 6.03 Å². The van der Waals surface area contributed by atoms with Gasteiger partial charge in [-0.15, -0.1) is 0 Å². The van der Waals surface area contributed by atoms with Crippen LogP contribution in [0.3, 0.4) is 0 Å². The number of nitro groups is 1. The van der Waals surface area contributed by atoms with Gasteiger partial charge in [0.15, 0.2) is 0 Å². The standard InChI is InChI=1S/C19H20N4O5/c24-17-15-11-4-5-12(7-6-11)16(15)18(25)22(17)9-8-20-19(26)21-13-2-1-3-14(10-13)23(27)28/h1-5,10-12,15-16H,6-9H2,(H2,20,21,26). The fourth-order valence-electron chi connectivity index (χ4n) is 4.51. The van der Waals surface area contributed by atoms with Crippen molar-refractivity contribution in [2.24, 2.45) is 23.7 Å². The minimum Gasteiger partial charge on any atom is -0.336 e. The maximum Gasteiger partial charge on any atom is 0.319 e. The van der Waals surface area contributed by atoms with Crippen molar-refractivity contribution in [3.8, 4) is 0 Å². The number of nitro benzene ring substituents is 1. The monoisotopic (exact) mass is 384 g/mol. The van der Waals surface area contributed by atoms with Gasteiger partial charge in [0.05, 0.1) is 16.8 Å². The number of carbonyl (C=O) groups is 3. The minimum atomic E-state index is -0.557. The van der Waals surface area contributed by atoms with Gasteiger partial charge in [0.2, 0.25) is 11.8 Å². The molecule has 3 aliphatic carbocycles. The van der Waals surface area contributed by atoms with Gasteiger partial charge in [-0.3, -0.25) is 24.6 Å². The lowest BCUT2D eigenvalue weighted by Gasteiger charge is -2.38. The van der Waals surface area contributed by atoms with Crippen LogP contribution < -0.4 is 10.6 Å². The molecule has 2 fully saturated rings. The zero-order chi connectivity index (χ0) is 19.8. The zero-order valence-corrected chi connectivity index (χ0v) is 15.0. The number of rotatable bonds is 5. The molecular formula is C19H20N4O5. The highest BCUT2D eigenvalue weighted by molar-refractivity contribution is 6.06. The molecule has 4 aliphatic rings. The van der Waals surface area contributed by atoms with Crippen LogP contribution in [0.15, 0.2) is 36.4 Å². The molecule has 0 radical (unpaired) electrons. The van der Waals surface area contributed by atoms with E-state index in [0.29, 0.717) is 0 Å². The number of hydrogen-bond donors (Lipinski definition) is 2. The Kier molecular flexibility index (Phi) is 4.58. The van der Waals surface area contributed by atoms with Crippen LogP contribution in [0.5, 0.6) is 0 Å². The van der Waals surface area contributed by atoms with Crippen LogP contribution >= 0.6 is 0 Å². The quantitative estimate of drug-likeness (QED) is 0.348. The summed E-state index contributed by atoms with van der Waals surface area (Å²) in [6.07, 6.45) is 6.02. The van der Waals surface area contributed by atoms with E-state index in [0.717, 1.165) is 12.8 Å². The molecule has 1 aromatic carbocycles. The first kappa shape index (κ1) is 18.1. The summed E-state index contributed by atoms with van der Waals surface area (Å²) in [6.45, 7) is 0.229. The van der Waals surface area contributed by atoms with Crippen molar-refractivity contribution in [3.05, 3.63) is 46.5 Å². The molecule has 9 nitrogen and oxygen atoms in total. The Morgan fingerprint density at radius 1 is 1.14 bits per heavy atom. The van der Waals surface area contributed by atoms with Crippen molar-refractivity contribution in [2.45, 2.75) is 12.8 Å². The predicted molar refractivity (Wildman–Crippen MR) is 99.2 cm³/mol. The van der Waals surface area contributed by atoms with Crippen LogP contribution in [0.1, 0.15) is 12.8 Å². The third-order valence-electron chi connectivity index (χ3n) is 5.79. The molecule has 4 unspecified atom stereocenters. The molecule has 28 heavy (non-hydrogen) atoms. The van der Waals surface area contributed by atoms with E-state index in [1.165, 1.54) is 29.2 Å². The van der Waals surface area contributed by atoms with Crippen molar-refractivity contribution in [1.29, 1.82) is 0 Å². The van der Waals surface area contributed by atoms with Gasteiger partial charge in [0, 0.05) is 30.9 Å². The SMILES string of the molecule is O=C(NCCN1C(=O)C2C3C=CC(CC3)C2C1=O)Nc1cccc([N+](=O)[O-])c1. The number of likely N-dealkylation sites (tertiary alicyclic amines) is 1. The minimum absolute atomic E-state index is 0.112. The van der Waals surface area contributed by atoms with E-state index < -0.39 is 11.0 Å². The van der Waals surface area contributed by atoms with Crippen LogP contribution in [0, 0.1) is 33.8 Å². The smallest absolute Gasteiger partial charge is 0.319 e. The van der Waals surface area contributed by atoms with Gasteiger partial charge in [-0.05, 0) is 30.7 Å². The number of nitrogens with one attached hydrogen (secondary N) is 2. The Bertz CT molecular complexity index is 851. The molecule has 1 aliphatic heterocycles. The van der Waals surface area contributed by atoms with E-state index in [2.05, 4.69) is 22.8 Å². The number of anilines is 1. The molecule has 1 heterocycles. The van der Waals surface area contributed by atoms with Gasteiger partial charge < -0.3 is 10.6 Å². The number of fused-ring (bicyclic) bond motifs is 1. The molecule has 2 bridgehead atoms. The number of nitrogens with zero attached hydrogens (tertiary/aromatic N) is 2. The van der Waals surface area contributed by atoms with Gasteiger partial charge in [-0.2, -0.15) is 0 Å². The molecule has 5 rings (SSSR count). The highest BCUT2D eigenvalue weighted by atomic mass is 16.6. The zero-order valence-electron chi connectivity index (χ0n) is 15.0. The molecule has 2 N–H and O–H groups in total. The molecule has 4 atom stereocenters. The van der Waals surface area contributed by atoms with E-state index in [-0.39, 0.29) is 60.0 Å². The lowest BCUT2D eigenvalue weighted by molar-refractivity contribution is -0.384. The summed E-state index contributed by atoms with van der Waals surface area (Å²) in [4.78, 5) is 48.9. The Hall–Kier alpha value is -3.23. The van der Waals surface area contributed by atoms with Crippen LogP contribution in [0.25, 0.3) is 0 Å². The Balaban J connectivity index is 1.31. The van der Waals surface area contributed by atoms with E-state index in [4.69, 9.17) is 0 Å². The number of carbonyl (C=O) groups excluding carboxylic acids is 3. The molecule has 1 aromatic rings. The average molecular weight is 384 g/mol. The van der Waals surface area contributed by atoms with Crippen LogP contribution in [0.2, 0.25) is 0 Å². The van der Waals surface area contributed by atoms with Crippen molar-refractivity contribution >= 4 is 29.2 Å². The maximum absolute atomic E-state index is 12.7. The second kappa shape index (κ2) is 7.06. The summed E-state index contributed by atoms with van der Waals surface area (Å²) < 4.78 is 0. The summed E-state index contributed by atoms with van der Waals surface area (Å²) in [5, 5.41) is 15.9. The molecule has 0 spiro atoms. The van der Waals surface area contributed by atoms with Crippen molar-refractivity contribution in [2.75, 3.05) is 18.4 Å². The largest absolute Gasteiger partial charge is 0.336 e. The first-order valence-corrected chi connectivity index (χ1v) is 9.28. The number of hydrogen-bond acceptors (Lipinski definition) is 5. The number of allylic oxidation sites excluding steroid dienone is 2. The van der Waals surface area contributed by atoms with Gasteiger partial charge in [-0.25, -0.2) is 4.79 Å². The summed E-state index contributed by atoms with van der Waals surface area (Å²) >= 11 is 0. The van der Waals surface area contributed by atoms with Crippen LogP contribution in [-0.4, -0.2) is 40.8 Å². The maximum atomic E-state index is 12.7. The normalized spacial score (nSPS) is 27.6. The molecule has 1 saturated carbocycles. The topological polar surface area (TPSA) is 122 Å². The van der Waals surface area contributed by atoms with Gasteiger partial charge in [0.1, 0.15) is 0 Å². The third kappa shape index (κ3) is 3.12. The summed E-state index contributed by atoms with van der Waals surface area (Å²) in [5.41, 5.74) is 0.158. The van der Waals surface area contributed by atoms with Crippen LogP contribution in [-0.2, 0) is 9.59 Å². The highest BCUT2D eigenvalue weighted by Crippen LogP contribution is 2.49. The highest BCUT2D eigenvalue weighted by Gasteiger charge is 2.56. The Morgan fingerprint density at radius 2 is 1.79 bits per heavy atom. The van der Waals surface area contributed by atoms with Crippen molar-refractivity contribution in [1.82, 2.24) is 10.2 Å². The molecule has 9 heteroatoms. The predicted octanol–water partition coefficient (Wildman–Crippen LogP) is 1.91. The molecule has 1 saturated heterocycles. The van der Waals surface area contributed by atoms with E-state index >= 15 is 0 Å². The van der Waals surface area contributed by atoms with E-state index in [9.17, 15) is 24.5 Å².